The van der Waals surface area contributed by atoms with Crippen molar-refractivity contribution in [1.29, 1.82) is 0 Å². The van der Waals surface area contributed by atoms with Crippen molar-refractivity contribution < 1.29 is 18.0 Å². The third-order valence-corrected chi connectivity index (χ3v) is 2.41. The Morgan fingerprint density at radius 3 is 2.60 bits per heavy atom. The second kappa shape index (κ2) is 5.27. The number of halogens is 3. The Morgan fingerprint density at radius 2 is 2.10 bits per heavy atom. The third kappa shape index (κ3) is 3.31. The second-order valence-electron chi connectivity index (χ2n) is 3.92. The molecule has 1 N–H and O–H groups in total. The van der Waals surface area contributed by atoms with E-state index < -0.39 is 18.6 Å². The predicted octanol–water partition coefficient (Wildman–Crippen LogP) is 1.26. The van der Waals surface area contributed by atoms with Gasteiger partial charge < -0.3 is 5.32 Å². The minimum Gasteiger partial charge on any atom is -0.342 e. The van der Waals surface area contributed by atoms with Gasteiger partial charge in [0.2, 0.25) is 0 Å². The van der Waals surface area contributed by atoms with Crippen molar-refractivity contribution in [2.24, 2.45) is 0 Å². The highest BCUT2D eigenvalue weighted by Crippen LogP contribution is 2.12. The van der Waals surface area contributed by atoms with E-state index in [1.807, 2.05) is 0 Å². The van der Waals surface area contributed by atoms with Crippen LogP contribution in [0.3, 0.4) is 0 Å². The summed E-state index contributed by atoms with van der Waals surface area (Å²) < 4.78 is 37.5. The molecule has 2 heterocycles. The van der Waals surface area contributed by atoms with Crippen molar-refractivity contribution in [3.8, 4) is 5.82 Å². The maximum atomic E-state index is 12.0. The first-order chi connectivity index (χ1) is 9.37. The molecule has 0 spiro atoms. The number of aromatic nitrogens is 4. The highest BCUT2D eigenvalue weighted by atomic mass is 19.4. The van der Waals surface area contributed by atoms with Gasteiger partial charge in [0.1, 0.15) is 12.4 Å². The highest BCUT2D eigenvalue weighted by Gasteiger charge is 2.28. The first-order valence-electron chi connectivity index (χ1n) is 5.56. The molecular formula is C11H10F3N5O. The number of rotatable bonds is 3. The molecular weight excluding hydrogens is 275 g/mol. The van der Waals surface area contributed by atoms with E-state index in [2.05, 4.69) is 15.2 Å². The summed E-state index contributed by atoms with van der Waals surface area (Å²) in [6.45, 7) is 0.349. The van der Waals surface area contributed by atoms with Crippen LogP contribution in [0.5, 0.6) is 0 Å². The molecule has 0 aliphatic rings. The summed E-state index contributed by atoms with van der Waals surface area (Å²) in [5.41, 5.74) is -0.184. The van der Waals surface area contributed by atoms with Gasteiger partial charge in [0.25, 0.3) is 5.91 Å². The minimum atomic E-state index is -4.46. The molecule has 0 bridgehead atoms. The van der Waals surface area contributed by atoms with Crippen molar-refractivity contribution in [3.05, 3.63) is 36.0 Å². The average molecular weight is 285 g/mol. The van der Waals surface area contributed by atoms with E-state index in [1.165, 1.54) is 12.1 Å². The molecule has 0 atom stereocenters. The van der Waals surface area contributed by atoms with Crippen molar-refractivity contribution in [2.75, 3.05) is 6.54 Å². The van der Waals surface area contributed by atoms with Crippen LogP contribution in [0.15, 0.2) is 24.5 Å². The van der Waals surface area contributed by atoms with E-state index in [0.29, 0.717) is 11.6 Å². The summed E-state index contributed by atoms with van der Waals surface area (Å²) in [6.07, 6.45) is -1.24. The van der Waals surface area contributed by atoms with Crippen molar-refractivity contribution in [3.63, 3.8) is 0 Å². The van der Waals surface area contributed by atoms with Gasteiger partial charge >= 0.3 is 6.18 Å². The summed E-state index contributed by atoms with van der Waals surface area (Å²) in [4.78, 5) is 15.4. The number of aryl methyl sites for hydroxylation is 1. The molecule has 1 amide bonds. The van der Waals surface area contributed by atoms with Gasteiger partial charge in [0, 0.05) is 12.4 Å². The summed E-state index contributed by atoms with van der Waals surface area (Å²) >= 11 is 0. The number of nitrogens with one attached hydrogen (secondary N) is 1. The van der Waals surface area contributed by atoms with Gasteiger partial charge in [-0.1, -0.05) is 0 Å². The van der Waals surface area contributed by atoms with Crippen molar-refractivity contribution in [1.82, 2.24) is 25.1 Å². The van der Waals surface area contributed by atoms with Gasteiger partial charge in [0.05, 0.1) is 0 Å². The molecule has 106 valence electrons. The molecule has 2 aromatic rings. The number of carbonyl (C=O) groups excluding carboxylic acids is 1. The lowest BCUT2D eigenvalue weighted by Gasteiger charge is -2.08. The van der Waals surface area contributed by atoms with Crippen LogP contribution in [-0.4, -0.2) is 38.4 Å². The molecule has 6 nitrogen and oxygen atoms in total. The van der Waals surface area contributed by atoms with E-state index in [-0.39, 0.29) is 5.69 Å². The molecule has 2 rings (SSSR count). The number of hydrogen-bond donors (Lipinski definition) is 1. The van der Waals surface area contributed by atoms with Crippen LogP contribution in [0.25, 0.3) is 5.82 Å². The summed E-state index contributed by atoms with van der Waals surface area (Å²) in [5.74, 6) is 0.171. The normalized spacial score (nSPS) is 11.4. The van der Waals surface area contributed by atoms with Crippen LogP contribution in [0, 0.1) is 6.92 Å². The van der Waals surface area contributed by atoms with Crippen LogP contribution in [0.2, 0.25) is 0 Å². The van der Waals surface area contributed by atoms with Crippen LogP contribution in [0.4, 0.5) is 13.2 Å². The van der Waals surface area contributed by atoms with E-state index in [0.717, 1.165) is 0 Å². The number of imidazole rings is 1. The molecule has 0 aliphatic carbocycles. The standard InChI is InChI=1S/C11H10F3N5O/c1-7-15-4-5-19(7)9-3-2-8(17-18-9)10(20)16-6-11(12,13)14/h2-5H,6H2,1H3,(H,16,20). The van der Waals surface area contributed by atoms with E-state index in [1.54, 1.807) is 29.2 Å². The van der Waals surface area contributed by atoms with Crippen molar-refractivity contribution in [2.45, 2.75) is 13.1 Å². The fourth-order valence-electron chi connectivity index (χ4n) is 1.47. The Bertz CT molecular complexity index is 605. The number of hydrogen-bond acceptors (Lipinski definition) is 4. The first-order valence-corrected chi connectivity index (χ1v) is 5.56. The third-order valence-electron chi connectivity index (χ3n) is 2.41. The molecule has 0 saturated carbocycles. The lowest BCUT2D eigenvalue weighted by molar-refractivity contribution is -0.123. The molecule has 0 aliphatic heterocycles. The first kappa shape index (κ1) is 14.0. The largest absolute Gasteiger partial charge is 0.405 e. The SMILES string of the molecule is Cc1nccn1-c1ccc(C(=O)NCC(F)(F)F)nn1. The Hall–Kier alpha value is -2.45. The molecule has 0 radical (unpaired) electrons. The zero-order chi connectivity index (χ0) is 14.8. The van der Waals surface area contributed by atoms with Gasteiger partial charge in [-0.2, -0.15) is 13.2 Å². The zero-order valence-corrected chi connectivity index (χ0v) is 10.3. The summed E-state index contributed by atoms with van der Waals surface area (Å²) in [6, 6.07) is 2.78. The Labute approximate surface area is 111 Å². The fraction of sp³-hybridized carbons (Fsp3) is 0.273. The number of carbonyl (C=O) groups is 1. The number of amides is 1. The van der Waals surface area contributed by atoms with Gasteiger partial charge in [-0.05, 0) is 19.1 Å². The van der Waals surface area contributed by atoms with Crippen molar-refractivity contribution >= 4 is 5.91 Å². The van der Waals surface area contributed by atoms with E-state index >= 15 is 0 Å². The van der Waals surface area contributed by atoms with Gasteiger partial charge in [-0.15, -0.1) is 10.2 Å². The fourth-order valence-corrected chi connectivity index (χ4v) is 1.47. The molecule has 0 unspecified atom stereocenters. The highest BCUT2D eigenvalue weighted by molar-refractivity contribution is 5.92. The quantitative estimate of drug-likeness (QED) is 0.921. The van der Waals surface area contributed by atoms with Crippen LogP contribution < -0.4 is 5.32 Å². The average Bonchev–Trinajstić information content (AvgIpc) is 2.81. The molecule has 9 heteroatoms. The lowest BCUT2D eigenvalue weighted by Crippen LogP contribution is -2.34. The van der Waals surface area contributed by atoms with Gasteiger partial charge in [0.15, 0.2) is 11.5 Å². The molecule has 0 saturated heterocycles. The Morgan fingerprint density at radius 1 is 1.35 bits per heavy atom. The lowest BCUT2D eigenvalue weighted by atomic mass is 10.3. The Kier molecular flexibility index (Phi) is 3.68. The van der Waals surface area contributed by atoms with Crippen LogP contribution >= 0.6 is 0 Å². The number of nitrogens with zero attached hydrogens (tertiary/aromatic N) is 4. The monoisotopic (exact) mass is 285 g/mol. The van der Waals surface area contributed by atoms with Crippen LogP contribution in [0.1, 0.15) is 16.3 Å². The predicted molar refractivity (Wildman–Crippen MR) is 62.3 cm³/mol. The molecule has 20 heavy (non-hydrogen) atoms. The maximum Gasteiger partial charge on any atom is 0.405 e. The topological polar surface area (TPSA) is 72.7 Å². The molecule has 0 aromatic carbocycles. The number of alkyl halides is 3. The smallest absolute Gasteiger partial charge is 0.342 e. The second-order valence-corrected chi connectivity index (χ2v) is 3.92. The summed E-state index contributed by atoms with van der Waals surface area (Å²) in [5, 5.41) is 9.10. The van der Waals surface area contributed by atoms with Gasteiger partial charge in [-0.25, -0.2) is 4.98 Å². The van der Waals surface area contributed by atoms with E-state index in [4.69, 9.17) is 0 Å². The minimum absolute atomic E-state index is 0.184. The van der Waals surface area contributed by atoms with Gasteiger partial charge in [-0.3, -0.25) is 9.36 Å². The van der Waals surface area contributed by atoms with Crippen LogP contribution in [-0.2, 0) is 0 Å². The molecule has 0 fully saturated rings. The Balaban J connectivity index is 2.09. The molecule has 2 aromatic heterocycles. The zero-order valence-electron chi connectivity index (χ0n) is 10.3. The van der Waals surface area contributed by atoms with E-state index in [9.17, 15) is 18.0 Å². The summed E-state index contributed by atoms with van der Waals surface area (Å²) in [7, 11) is 0. The maximum absolute atomic E-state index is 12.0.